The number of hydrogen-bond acceptors (Lipinski definition) is 2. The minimum Gasteiger partial charge on any atom is -0.319 e. The number of benzene rings is 1. The number of rotatable bonds is 4. The first-order chi connectivity index (χ1) is 8.19. The second-order valence-electron chi connectivity index (χ2n) is 4.68. The molecule has 0 bridgehead atoms. The van der Waals surface area contributed by atoms with Gasteiger partial charge in [-0.1, -0.05) is 23.2 Å². The van der Waals surface area contributed by atoms with Gasteiger partial charge in [-0.25, -0.2) is 0 Å². The SMILES string of the molecule is CNCC1CCN(Cc2cc(Cl)ccc2Cl)C1.Cl. The van der Waals surface area contributed by atoms with E-state index in [2.05, 4.69) is 10.2 Å². The van der Waals surface area contributed by atoms with Crippen molar-refractivity contribution in [1.82, 2.24) is 10.2 Å². The van der Waals surface area contributed by atoms with Crippen molar-refractivity contribution in [2.45, 2.75) is 13.0 Å². The van der Waals surface area contributed by atoms with Crippen molar-refractivity contribution in [2.75, 3.05) is 26.7 Å². The van der Waals surface area contributed by atoms with Crippen molar-refractivity contribution in [3.63, 3.8) is 0 Å². The van der Waals surface area contributed by atoms with Crippen molar-refractivity contribution in [3.8, 4) is 0 Å². The zero-order valence-electron chi connectivity index (χ0n) is 10.5. The highest BCUT2D eigenvalue weighted by Crippen LogP contribution is 2.24. The summed E-state index contributed by atoms with van der Waals surface area (Å²) in [4.78, 5) is 2.44. The van der Waals surface area contributed by atoms with E-state index in [1.165, 1.54) is 6.42 Å². The van der Waals surface area contributed by atoms with Crippen LogP contribution in [-0.4, -0.2) is 31.6 Å². The largest absolute Gasteiger partial charge is 0.319 e. The molecular weight excluding hydrogens is 291 g/mol. The monoisotopic (exact) mass is 308 g/mol. The van der Waals surface area contributed by atoms with Crippen molar-refractivity contribution < 1.29 is 0 Å². The van der Waals surface area contributed by atoms with Crippen LogP contribution >= 0.6 is 35.6 Å². The van der Waals surface area contributed by atoms with Gasteiger partial charge in [0.15, 0.2) is 0 Å². The highest BCUT2D eigenvalue weighted by molar-refractivity contribution is 6.33. The number of likely N-dealkylation sites (tertiary alicyclic amines) is 1. The van der Waals surface area contributed by atoms with E-state index in [4.69, 9.17) is 23.2 Å². The molecule has 2 nitrogen and oxygen atoms in total. The minimum absolute atomic E-state index is 0. The van der Waals surface area contributed by atoms with Crippen LogP contribution in [0.3, 0.4) is 0 Å². The van der Waals surface area contributed by atoms with Gasteiger partial charge in [0.25, 0.3) is 0 Å². The highest BCUT2D eigenvalue weighted by atomic mass is 35.5. The molecule has 1 heterocycles. The highest BCUT2D eigenvalue weighted by Gasteiger charge is 2.22. The van der Waals surface area contributed by atoms with Crippen molar-refractivity contribution in [1.29, 1.82) is 0 Å². The van der Waals surface area contributed by atoms with E-state index >= 15 is 0 Å². The van der Waals surface area contributed by atoms with Gasteiger partial charge in [0.05, 0.1) is 0 Å². The molecule has 1 aromatic rings. The average molecular weight is 310 g/mol. The van der Waals surface area contributed by atoms with Gasteiger partial charge in [-0.15, -0.1) is 12.4 Å². The standard InChI is InChI=1S/C13H18Cl2N2.ClH/c1-16-7-10-4-5-17(8-10)9-11-6-12(14)2-3-13(11)15;/h2-3,6,10,16H,4-5,7-9H2,1H3;1H. The molecule has 1 aliphatic rings. The van der Waals surface area contributed by atoms with Gasteiger partial charge in [-0.05, 0) is 56.2 Å². The molecule has 1 N–H and O–H groups in total. The maximum atomic E-state index is 6.17. The van der Waals surface area contributed by atoms with Crippen LogP contribution in [0.25, 0.3) is 0 Å². The Labute approximate surface area is 125 Å². The molecule has 0 aromatic heterocycles. The molecule has 0 spiro atoms. The zero-order chi connectivity index (χ0) is 12.3. The lowest BCUT2D eigenvalue weighted by atomic mass is 10.1. The molecule has 1 atom stereocenters. The maximum Gasteiger partial charge on any atom is 0.0452 e. The topological polar surface area (TPSA) is 15.3 Å². The lowest BCUT2D eigenvalue weighted by Crippen LogP contribution is -2.24. The molecule has 1 saturated heterocycles. The van der Waals surface area contributed by atoms with Crippen molar-refractivity contribution in [2.24, 2.45) is 5.92 Å². The Kier molecular flexibility index (Phi) is 6.75. The van der Waals surface area contributed by atoms with Crippen molar-refractivity contribution in [3.05, 3.63) is 33.8 Å². The lowest BCUT2D eigenvalue weighted by Gasteiger charge is -2.17. The summed E-state index contributed by atoms with van der Waals surface area (Å²) in [5, 5.41) is 4.81. The first-order valence-electron chi connectivity index (χ1n) is 6.00. The lowest BCUT2D eigenvalue weighted by molar-refractivity contribution is 0.315. The van der Waals surface area contributed by atoms with Crippen LogP contribution in [-0.2, 0) is 6.54 Å². The molecule has 1 unspecified atom stereocenters. The van der Waals surface area contributed by atoms with Crippen LogP contribution in [0.2, 0.25) is 10.0 Å². The molecule has 0 amide bonds. The van der Waals surface area contributed by atoms with Gasteiger partial charge in [-0.2, -0.15) is 0 Å². The van der Waals surface area contributed by atoms with Gasteiger partial charge >= 0.3 is 0 Å². The minimum atomic E-state index is 0. The molecule has 1 fully saturated rings. The van der Waals surface area contributed by atoms with Crippen LogP contribution in [0.15, 0.2) is 18.2 Å². The van der Waals surface area contributed by atoms with E-state index in [1.54, 1.807) is 0 Å². The summed E-state index contributed by atoms with van der Waals surface area (Å²) in [6.45, 7) is 4.29. The van der Waals surface area contributed by atoms with Crippen LogP contribution in [0, 0.1) is 5.92 Å². The molecule has 5 heteroatoms. The van der Waals surface area contributed by atoms with Crippen LogP contribution < -0.4 is 5.32 Å². The van der Waals surface area contributed by atoms with E-state index in [1.807, 2.05) is 25.2 Å². The number of halogens is 3. The normalized spacial score (nSPS) is 19.8. The average Bonchev–Trinajstić information content (AvgIpc) is 2.72. The Morgan fingerprint density at radius 3 is 2.89 bits per heavy atom. The summed E-state index contributed by atoms with van der Waals surface area (Å²) in [5.41, 5.74) is 1.13. The Bertz CT molecular complexity index is 384. The summed E-state index contributed by atoms with van der Waals surface area (Å²) in [6, 6.07) is 5.68. The van der Waals surface area contributed by atoms with E-state index in [-0.39, 0.29) is 12.4 Å². The number of hydrogen-bond donors (Lipinski definition) is 1. The quantitative estimate of drug-likeness (QED) is 0.916. The fourth-order valence-corrected chi connectivity index (χ4v) is 2.79. The third-order valence-electron chi connectivity index (χ3n) is 3.26. The molecular formula is C13H19Cl3N2. The molecule has 18 heavy (non-hydrogen) atoms. The summed E-state index contributed by atoms with van der Waals surface area (Å²) < 4.78 is 0. The van der Waals surface area contributed by atoms with Gasteiger partial charge < -0.3 is 5.32 Å². The molecule has 0 saturated carbocycles. The molecule has 0 aliphatic carbocycles. The first kappa shape index (κ1) is 16.1. The van der Waals surface area contributed by atoms with Crippen LogP contribution in [0.1, 0.15) is 12.0 Å². The molecule has 2 rings (SSSR count). The van der Waals surface area contributed by atoms with Crippen LogP contribution in [0.5, 0.6) is 0 Å². The fraction of sp³-hybridized carbons (Fsp3) is 0.538. The zero-order valence-corrected chi connectivity index (χ0v) is 12.8. The first-order valence-corrected chi connectivity index (χ1v) is 6.75. The summed E-state index contributed by atoms with van der Waals surface area (Å²) in [7, 11) is 2.01. The van der Waals surface area contributed by atoms with Crippen LogP contribution in [0.4, 0.5) is 0 Å². The van der Waals surface area contributed by atoms with Gasteiger partial charge in [0, 0.05) is 23.1 Å². The molecule has 102 valence electrons. The Balaban J connectivity index is 0.00000162. The smallest absolute Gasteiger partial charge is 0.0452 e. The van der Waals surface area contributed by atoms with E-state index in [9.17, 15) is 0 Å². The van der Waals surface area contributed by atoms with E-state index in [0.29, 0.717) is 0 Å². The summed E-state index contributed by atoms with van der Waals surface area (Å²) >= 11 is 12.2. The molecule has 1 aromatic carbocycles. The van der Waals surface area contributed by atoms with E-state index in [0.717, 1.165) is 47.7 Å². The maximum absolute atomic E-state index is 6.17. The Morgan fingerprint density at radius 2 is 2.17 bits per heavy atom. The Morgan fingerprint density at radius 1 is 1.39 bits per heavy atom. The predicted octanol–water partition coefficient (Wildman–Crippen LogP) is 3.46. The third kappa shape index (κ3) is 4.29. The fourth-order valence-electron chi connectivity index (χ4n) is 2.42. The predicted molar refractivity (Wildman–Crippen MR) is 81.0 cm³/mol. The van der Waals surface area contributed by atoms with Gasteiger partial charge in [-0.3, -0.25) is 4.90 Å². The summed E-state index contributed by atoms with van der Waals surface area (Å²) in [5.74, 6) is 0.762. The number of nitrogens with one attached hydrogen (secondary N) is 1. The summed E-state index contributed by atoms with van der Waals surface area (Å²) in [6.07, 6.45) is 1.26. The Hall–Kier alpha value is 0.01000. The molecule has 0 radical (unpaired) electrons. The van der Waals surface area contributed by atoms with Gasteiger partial charge in [0.2, 0.25) is 0 Å². The van der Waals surface area contributed by atoms with E-state index < -0.39 is 0 Å². The van der Waals surface area contributed by atoms with Crippen molar-refractivity contribution >= 4 is 35.6 Å². The van der Waals surface area contributed by atoms with Gasteiger partial charge in [0.1, 0.15) is 0 Å². The third-order valence-corrected chi connectivity index (χ3v) is 3.87. The second-order valence-corrected chi connectivity index (χ2v) is 5.53. The number of nitrogens with zero attached hydrogens (tertiary/aromatic N) is 1. The second kappa shape index (κ2) is 7.56. The molecule has 1 aliphatic heterocycles.